The molecule has 0 unspecified atom stereocenters. The number of rotatable bonds is 2. The van der Waals surface area contributed by atoms with Crippen LogP contribution in [0.2, 0.25) is 0 Å². The summed E-state index contributed by atoms with van der Waals surface area (Å²) in [6.07, 6.45) is 8.41. The predicted molar refractivity (Wildman–Crippen MR) is 71.0 cm³/mol. The second-order valence-electron chi connectivity index (χ2n) is 5.09. The Morgan fingerprint density at radius 2 is 1.94 bits per heavy atom. The van der Waals surface area contributed by atoms with Crippen LogP contribution in [0.4, 0.5) is 0 Å². The molecule has 0 aliphatic heterocycles. The van der Waals surface area contributed by atoms with Gasteiger partial charge in [-0.3, -0.25) is 0 Å². The minimum absolute atomic E-state index is 0.373. The highest BCUT2D eigenvalue weighted by molar-refractivity contribution is 5.93. The van der Waals surface area contributed by atoms with Gasteiger partial charge in [0.2, 0.25) is 0 Å². The summed E-state index contributed by atoms with van der Waals surface area (Å²) in [6.45, 7) is 0. The molecule has 0 bridgehead atoms. The van der Waals surface area contributed by atoms with E-state index in [-0.39, 0.29) is 0 Å². The SMILES string of the molecule is O=C(O)c1ccc2ccn(C3CCCCC3)c2c1. The Bertz CT molecular complexity index is 579. The topological polar surface area (TPSA) is 42.2 Å². The molecule has 1 aliphatic carbocycles. The summed E-state index contributed by atoms with van der Waals surface area (Å²) in [6, 6.07) is 8.00. The van der Waals surface area contributed by atoms with Crippen molar-refractivity contribution in [1.29, 1.82) is 0 Å². The molecule has 0 radical (unpaired) electrons. The third-order valence-corrected chi connectivity index (χ3v) is 3.94. The molecule has 1 fully saturated rings. The van der Waals surface area contributed by atoms with E-state index >= 15 is 0 Å². The third kappa shape index (κ3) is 1.90. The van der Waals surface area contributed by atoms with Crippen LogP contribution in [-0.2, 0) is 0 Å². The maximum absolute atomic E-state index is 11.0. The van der Waals surface area contributed by atoms with Crippen molar-refractivity contribution in [3.63, 3.8) is 0 Å². The van der Waals surface area contributed by atoms with E-state index in [0.717, 1.165) is 10.9 Å². The number of fused-ring (bicyclic) bond motifs is 1. The zero-order valence-electron chi connectivity index (χ0n) is 10.3. The van der Waals surface area contributed by atoms with Crippen molar-refractivity contribution in [1.82, 2.24) is 4.57 Å². The number of carbonyl (C=O) groups is 1. The minimum Gasteiger partial charge on any atom is -0.478 e. The van der Waals surface area contributed by atoms with Gasteiger partial charge in [0.15, 0.2) is 0 Å². The first-order valence-corrected chi connectivity index (χ1v) is 6.59. The van der Waals surface area contributed by atoms with Crippen LogP contribution in [0.5, 0.6) is 0 Å². The first kappa shape index (κ1) is 11.3. The first-order chi connectivity index (χ1) is 8.75. The normalized spacial score (nSPS) is 17.1. The lowest BCUT2D eigenvalue weighted by molar-refractivity contribution is 0.0697. The molecule has 1 saturated carbocycles. The van der Waals surface area contributed by atoms with Gasteiger partial charge in [-0.1, -0.05) is 25.3 Å². The molecule has 1 aromatic heterocycles. The summed E-state index contributed by atoms with van der Waals surface area (Å²) < 4.78 is 2.26. The average Bonchev–Trinajstić information content (AvgIpc) is 2.82. The highest BCUT2D eigenvalue weighted by atomic mass is 16.4. The van der Waals surface area contributed by atoms with Gasteiger partial charge in [0.25, 0.3) is 0 Å². The molecule has 3 rings (SSSR count). The summed E-state index contributed by atoms with van der Waals surface area (Å²) in [5.41, 5.74) is 1.43. The fourth-order valence-electron chi connectivity index (χ4n) is 2.96. The van der Waals surface area contributed by atoms with Crippen molar-refractivity contribution < 1.29 is 9.90 Å². The lowest BCUT2D eigenvalue weighted by atomic mass is 9.95. The number of nitrogens with zero attached hydrogens (tertiary/aromatic N) is 1. The number of aromatic carboxylic acids is 1. The van der Waals surface area contributed by atoms with E-state index in [4.69, 9.17) is 5.11 Å². The highest BCUT2D eigenvalue weighted by Gasteiger charge is 2.17. The van der Waals surface area contributed by atoms with Crippen molar-refractivity contribution in [3.05, 3.63) is 36.0 Å². The number of carboxylic acids is 1. The monoisotopic (exact) mass is 243 g/mol. The third-order valence-electron chi connectivity index (χ3n) is 3.94. The van der Waals surface area contributed by atoms with E-state index in [2.05, 4.69) is 16.8 Å². The molecule has 3 heteroatoms. The molecule has 3 nitrogen and oxygen atoms in total. The minimum atomic E-state index is -0.853. The molecule has 94 valence electrons. The van der Waals surface area contributed by atoms with Crippen LogP contribution < -0.4 is 0 Å². The van der Waals surface area contributed by atoms with Crippen LogP contribution >= 0.6 is 0 Å². The number of hydrogen-bond donors (Lipinski definition) is 1. The summed E-state index contributed by atoms with van der Waals surface area (Å²) in [5.74, 6) is -0.853. The Kier molecular flexibility index (Phi) is 2.82. The van der Waals surface area contributed by atoms with Crippen molar-refractivity contribution in [2.75, 3.05) is 0 Å². The van der Waals surface area contributed by atoms with Gasteiger partial charge in [0, 0.05) is 17.8 Å². The zero-order valence-corrected chi connectivity index (χ0v) is 10.3. The van der Waals surface area contributed by atoms with Gasteiger partial charge in [-0.2, -0.15) is 0 Å². The Morgan fingerprint density at radius 3 is 2.67 bits per heavy atom. The van der Waals surface area contributed by atoms with E-state index in [1.165, 1.54) is 32.1 Å². The Hall–Kier alpha value is -1.77. The van der Waals surface area contributed by atoms with Crippen molar-refractivity contribution >= 4 is 16.9 Å². The molecule has 0 atom stereocenters. The van der Waals surface area contributed by atoms with E-state index < -0.39 is 5.97 Å². The summed E-state index contributed by atoms with van der Waals surface area (Å²) in [4.78, 5) is 11.0. The Morgan fingerprint density at radius 1 is 1.17 bits per heavy atom. The van der Waals surface area contributed by atoms with E-state index in [0.29, 0.717) is 11.6 Å². The molecular formula is C15H17NO2. The largest absolute Gasteiger partial charge is 0.478 e. The molecule has 0 amide bonds. The van der Waals surface area contributed by atoms with Crippen LogP contribution in [0.15, 0.2) is 30.5 Å². The van der Waals surface area contributed by atoms with Crippen LogP contribution in [0, 0.1) is 0 Å². The molecule has 1 aromatic carbocycles. The quantitative estimate of drug-likeness (QED) is 0.870. The zero-order chi connectivity index (χ0) is 12.5. The second kappa shape index (κ2) is 4.48. The van der Waals surface area contributed by atoms with Gasteiger partial charge in [0.05, 0.1) is 5.56 Å². The molecule has 0 spiro atoms. The lowest BCUT2D eigenvalue weighted by Gasteiger charge is -2.24. The van der Waals surface area contributed by atoms with E-state index in [1.54, 1.807) is 12.1 Å². The number of hydrogen-bond acceptors (Lipinski definition) is 1. The maximum Gasteiger partial charge on any atom is 0.335 e. The number of carboxylic acid groups (broad SMARTS) is 1. The van der Waals surface area contributed by atoms with Crippen molar-refractivity contribution in [2.45, 2.75) is 38.1 Å². The standard InChI is InChI=1S/C15H17NO2/c17-15(18)12-7-6-11-8-9-16(14(11)10-12)13-4-2-1-3-5-13/h6-10,13H,1-5H2,(H,17,18). The van der Waals surface area contributed by atoms with Crippen LogP contribution in [0.25, 0.3) is 10.9 Å². The highest BCUT2D eigenvalue weighted by Crippen LogP contribution is 2.31. The summed E-state index contributed by atoms with van der Waals surface area (Å²) in [5, 5.41) is 10.2. The van der Waals surface area contributed by atoms with Gasteiger partial charge >= 0.3 is 5.97 Å². The van der Waals surface area contributed by atoms with E-state index in [9.17, 15) is 4.79 Å². The van der Waals surface area contributed by atoms with Crippen LogP contribution in [0.3, 0.4) is 0 Å². The Balaban J connectivity index is 2.05. The fraction of sp³-hybridized carbons (Fsp3) is 0.400. The molecule has 0 saturated heterocycles. The van der Waals surface area contributed by atoms with E-state index in [1.807, 2.05) is 6.07 Å². The molecule has 1 aliphatic rings. The first-order valence-electron chi connectivity index (χ1n) is 6.59. The average molecular weight is 243 g/mol. The Labute approximate surface area is 106 Å². The molecule has 1 N–H and O–H groups in total. The van der Waals surface area contributed by atoms with Gasteiger partial charge in [-0.15, -0.1) is 0 Å². The maximum atomic E-state index is 11.0. The lowest BCUT2D eigenvalue weighted by Crippen LogP contribution is -2.11. The van der Waals surface area contributed by atoms with Gasteiger partial charge < -0.3 is 9.67 Å². The molecule has 1 heterocycles. The fourth-order valence-corrected chi connectivity index (χ4v) is 2.96. The number of benzene rings is 1. The molecule has 18 heavy (non-hydrogen) atoms. The van der Waals surface area contributed by atoms with Crippen LogP contribution in [0.1, 0.15) is 48.5 Å². The molecule has 2 aromatic rings. The van der Waals surface area contributed by atoms with Crippen molar-refractivity contribution in [3.8, 4) is 0 Å². The smallest absolute Gasteiger partial charge is 0.335 e. The van der Waals surface area contributed by atoms with Gasteiger partial charge in [-0.05, 0) is 36.4 Å². The number of aromatic nitrogens is 1. The summed E-state index contributed by atoms with van der Waals surface area (Å²) >= 11 is 0. The van der Waals surface area contributed by atoms with Crippen molar-refractivity contribution in [2.24, 2.45) is 0 Å². The van der Waals surface area contributed by atoms with Gasteiger partial charge in [0.1, 0.15) is 0 Å². The predicted octanol–water partition coefficient (Wildman–Crippen LogP) is 3.84. The summed E-state index contributed by atoms with van der Waals surface area (Å²) in [7, 11) is 0. The van der Waals surface area contributed by atoms with Gasteiger partial charge in [-0.25, -0.2) is 4.79 Å². The molecular weight excluding hydrogens is 226 g/mol. The second-order valence-corrected chi connectivity index (χ2v) is 5.09. The van der Waals surface area contributed by atoms with Crippen LogP contribution in [-0.4, -0.2) is 15.6 Å².